The number of hydrogen-bond acceptors (Lipinski definition) is 7. The number of unbranched alkanes of at least 4 members (excludes halogenated alkanes) is 1. The van der Waals surface area contributed by atoms with Gasteiger partial charge in [-0.1, -0.05) is 38.3 Å². The molecule has 246 valence electrons. The third-order valence-electron chi connectivity index (χ3n) is 9.39. The molecule has 1 saturated carbocycles. The van der Waals surface area contributed by atoms with Crippen molar-refractivity contribution in [2.24, 2.45) is 0 Å². The second kappa shape index (κ2) is 14.8. The lowest BCUT2D eigenvalue weighted by Gasteiger charge is -2.52. The average Bonchev–Trinajstić information content (AvgIpc) is 3.44. The molecule has 3 aliphatic rings. The summed E-state index contributed by atoms with van der Waals surface area (Å²) in [5.41, 5.74) is -0.486. The number of piperidine rings is 1. The smallest absolute Gasteiger partial charge is 0.335 e. The van der Waals surface area contributed by atoms with Crippen molar-refractivity contribution in [3.05, 3.63) is 53.6 Å². The number of benzene rings is 2. The number of rotatable bonds is 12. The summed E-state index contributed by atoms with van der Waals surface area (Å²) in [5, 5.41) is 23.3. The van der Waals surface area contributed by atoms with Crippen molar-refractivity contribution in [2.45, 2.75) is 95.4 Å². The van der Waals surface area contributed by atoms with E-state index >= 15 is 0 Å². The Balaban J connectivity index is 0.00000461. The molecule has 0 aromatic heterocycles. The van der Waals surface area contributed by atoms with Gasteiger partial charge in [0.15, 0.2) is 11.5 Å². The highest BCUT2D eigenvalue weighted by Gasteiger charge is 2.54. The minimum atomic E-state index is -1.03. The molecule has 0 unspecified atom stereocenters. The van der Waals surface area contributed by atoms with Crippen molar-refractivity contribution in [3.8, 4) is 17.2 Å². The van der Waals surface area contributed by atoms with E-state index in [0.717, 1.165) is 31.2 Å². The summed E-state index contributed by atoms with van der Waals surface area (Å²) < 4.78 is 11.6. The fourth-order valence-electron chi connectivity index (χ4n) is 6.89. The molecule has 45 heavy (non-hydrogen) atoms. The molecule has 0 bridgehead atoms. The lowest BCUT2D eigenvalue weighted by molar-refractivity contribution is -0.163. The van der Waals surface area contributed by atoms with Gasteiger partial charge in [0, 0.05) is 32.6 Å². The van der Waals surface area contributed by atoms with Crippen LogP contribution in [-0.4, -0.2) is 81.2 Å². The highest BCUT2D eigenvalue weighted by molar-refractivity contribution is 6.00. The van der Waals surface area contributed by atoms with E-state index in [1.165, 1.54) is 12.1 Å². The van der Waals surface area contributed by atoms with E-state index in [2.05, 4.69) is 17.1 Å². The van der Waals surface area contributed by atoms with E-state index < -0.39 is 23.2 Å². The van der Waals surface area contributed by atoms with E-state index in [1.54, 1.807) is 6.07 Å². The van der Waals surface area contributed by atoms with Crippen LogP contribution in [0.3, 0.4) is 0 Å². The minimum absolute atomic E-state index is 0. The Hall–Kier alpha value is -3.34. The highest BCUT2D eigenvalue weighted by atomic mass is 35.5. The molecule has 1 atom stereocenters. The number of nitrogens with one attached hydrogen (secondary N) is 1. The Morgan fingerprint density at radius 3 is 2.31 bits per heavy atom. The van der Waals surface area contributed by atoms with Crippen LogP contribution in [0.4, 0.5) is 0 Å². The van der Waals surface area contributed by atoms with Crippen LogP contribution in [0.5, 0.6) is 17.2 Å². The monoisotopic (exact) mass is 643 g/mol. The third kappa shape index (κ3) is 7.73. The van der Waals surface area contributed by atoms with Gasteiger partial charge in [0.2, 0.25) is 11.8 Å². The number of amides is 2. The van der Waals surface area contributed by atoms with Gasteiger partial charge >= 0.3 is 5.97 Å². The molecule has 2 saturated heterocycles. The lowest BCUT2D eigenvalue weighted by atomic mass is 9.80. The summed E-state index contributed by atoms with van der Waals surface area (Å²) in [6.07, 6.45) is 6.48. The molecule has 2 aliphatic heterocycles. The summed E-state index contributed by atoms with van der Waals surface area (Å²) >= 11 is 0. The maximum atomic E-state index is 13.8. The van der Waals surface area contributed by atoms with Crippen molar-refractivity contribution in [3.63, 3.8) is 0 Å². The van der Waals surface area contributed by atoms with Gasteiger partial charge in [-0.25, -0.2) is 4.79 Å². The van der Waals surface area contributed by atoms with E-state index in [1.807, 2.05) is 36.1 Å². The van der Waals surface area contributed by atoms with Crippen LogP contribution in [0.1, 0.15) is 87.6 Å². The van der Waals surface area contributed by atoms with Crippen LogP contribution in [0.25, 0.3) is 0 Å². The van der Waals surface area contributed by atoms with Gasteiger partial charge in [-0.15, -0.1) is 12.4 Å². The lowest BCUT2D eigenvalue weighted by Crippen LogP contribution is -2.73. The van der Waals surface area contributed by atoms with Crippen LogP contribution < -0.4 is 14.8 Å². The second-order valence-electron chi connectivity index (χ2n) is 12.5. The molecule has 10 nitrogen and oxygen atoms in total. The molecule has 2 heterocycles. The Kier molecular flexibility index (Phi) is 11.4. The average molecular weight is 644 g/mol. The Labute approximate surface area is 271 Å². The summed E-state index contributed by atoms with van der Waals surface area (Å²) in [6.45, 7) is 6.93. The number of aliphatic hydroxyl groups is 1. The van der Waals surface area contributed by atoms with E-state index in [9.17, 15) is 24.6 Å². The maximum Gasteiger partial charge on any atom is 0.335 e. The zero-order valence-corrected chi connectivity index (χ0v) is 27.1. The molecule has 11 heteroatoms. The molecular weight excluding hydrogens is 598 g/mol. The zero-order chi connectivity index (χ0) is 31.3. The quantitative estimate of drug-likeness (QED) is 0.290. The van der Waals surface area contributed by atoms with E-state index in [-0.39, 0.29) is 29.8 Å². The van der Waals surface area contributed by atoms with Crippen LogP contribution >= 0.6 is 12.4 Å². The minimum Gasteiger partial charge on any atom is -0.490 e. The number of carbonyl (C=O) groups is 3. The number of halogens is 1. The van der Waals surface area contributed by atoms with Crippen molar-refractivity contribution in [1.82, 2.24) is 15.1 Å². The molecule has 3 fully saturated rings. The maximum absolute atomic E-state index is 13.8. The molecular formula is C34H46ClN3O7. The largest absolute Gasteiger partial charge is 0.490 e. The van der Waals surface area contributed by atoms with Crippen molar-refractivity contribution < 1.29 is 34.1 Å². The van der Waals surface area contributed by atoms with Crippen LogP contribution in [-0.2, 0) is 16.1 Å². The van der Waals surface area contributed by atoms with Crippen LogP contribution in [0.2, 0.25) is 0 Å². The molecule has 2 aromatic carbocycles. The van der Waals surface area contributed by atoms with Gasteiger partial charge in [-0.3, -0.25) is 14.5 Å². The van der Waals surface area contributed by atoms with Crippen molar-refractivity contribution >= 4 is 30.2 Å². The predicted octanol–water partition coefficient (Wildman–Crippen LogP) is 5.15. The van der Waals surface area contributed by atoms with Gasteiger partial charge in [0.25, 0.3) is 0 Å². The van der Waals surface area contributed by atoms with E-state index in [0.29, 0.717) is 82.1 Å². The Morgan fingerprint density at radius 2 is 1.69 bits per heavy atom. The molecule has 1 aliphatic carbocycles. The van der Waals surface area contributed by atoms with Gasteiger partial charge in [-0.05, 0) is 74.9 Å². The number of ether oxygens (including phenoxy) is 2. The summed E-state index contributed by atoms with van der Waals surface area (Å²) in [7, 11) is 0. The molecule has 0 radical (unpaired) electrons. The summed E-state index contributed by atoms with van der Waals surface area (Å²) in [5.74, 6) is 0.265. The van der Waals surface area contributed by atoms with Gasteiger partial charge in [0.05, 0.1) is 17.8 Å². The highest BCUT2D eigenvalue weighted by Crippen LogP contribution is 2.38. The number of carboxylic acids is 1. The standard InChI is InChI=1S/C34H45N3O7.ClH/c1-3-5-18-37-30(38)27(22-33(42)14-6-7-15-33)35-32(41)34(37)16-19-36(20-17-34)23-24-8-11-26(12-9-24)44-28-13-10-25(31(39)40)21-29(28)43-4-2;/h8-13,21,27,42H,3-7,14-20,22-23H2,1-2H3,(H,35,41)(H,39,40);1H/t27-;/m1./s1. The fraction of sp³-hybridized carbons (Fsp3) is 0.559. The summed E-state index contributed by atoms with van der Waals surface area (Å²) in [4.78, 5) is 42.9. The first-order chi connectivity index (χ1) is 21.2. The third-order valence-corrected chi connectivity index (χ3v) is 9.39. The van der Waals surface area contributed by atoms with Gasteiger partial charge in [0.1, 0.15) is 17.3 Å². The van der Waals surface area contributed by atoms with Gasteiger partial charge < -0.3 is 29.9 Å². The topological polar surface area (TPSA) is 129 Å². The number of carboxylic acid groups (broad SMARTS) is 1. The van der Waals surface area contributed by atoms with Crippen LogP contribution in [0, 0.1) is 0 Å². The van der Waals surface area contributed by atoms with Crippen LogP contribution in [0.15, 0.2) is 42.5 Å². The SMILES string of the molecule is CCCCN1C(=O)[C@@H](CC2(O)CCCC2)NC(=O)C12CCN(Cc1ccc(Oc3ccc(C(=O)O)cc3OCC)cc1)CC2.Cl. The number of likely N-dealkylation sites (tertiary alicyclic amines) is 1. The molecule has 1 spiro atoms. The molecule has 5 rings (SSSR count). The Morgan fingerprint density at radius 1 is 1.00 bits per heavy atom. The first-order valence-electron chi connectivity index (χ1n) is 16.0. The Bertz CT molecular complexity index is 1340. The predicted molar refractivity (Wildman–Crippen MR) is 172 cm³/mol. The molecule has 3 N–H and O–H groups in total. The number of carbonyl (C=O) groups excluding carboxylic acids is 2. The molecule has 2 amide bonds. The first-order valence-corrected chi connectivity index (χ1v) is 16.0. The molecule has 2 aromatic rings. The zero-order valence-electron chi connectivity index (χ0n) is 26.3. The van der Waals surface area contributed by atoms with Crippen molar-refractivity contribution in [2.75, 3.05) is 26.2 Å². The fourth-order valence-corrected chi connectivity index (χ4v) is 6.89. The van der Waals surface area contributed by atoms with Gasteiger partial charge in [-0.2, -0.15) is 0 Å². The number of piperazine rings is 1. The first kappa shape index (κ1) is 34.5. The number of nitrogens with zero attached hydrogens (tertiary/aromatic N) is 2. The summed E-state index contributed by atoms with van der Waals surface area (Å²) in [6, 6.07) is 11.6. The van der Waals surface area contributed by atoms with E-state index in [4.69, 9.17) is 9.47 Å². The normalized spacial score (nSPS) is 20.9. The number of hydrogen-bond donors (Lipinski definition) is 3. The number of aromatic carboxylic acids is 1. The second-order valence-corrected chi connectivity index (χ2v) is 12.5. The van der Waals surface area contributed by atoms with Crippen molar-refractivity contribution in [1.29, 1.82) is 0 Å².